The summed E-state index contributed by atoms with van der Waals surface area (Å²) in [5.41, 5.74) is 5.75. The van der Waals surface area contributed by atoms with Crippen molar-refractivity contribution in [3.63, 3.8) is 0 Å². The van der Waals surface area contributed by atoms with E-state index in [4.69, 9.17) is 5.73 Å². The third kappa shape index (κ3) is 5.55. The zero-order valence-electron chi connectivity index (χ0n) is 10.7. The number of hydrogen-bond donors (Lipinski definition) is 2. The fraction of sp³-hybridized carbons (Fsp3) is 0.455. The molecule has 3 N–H and O–H groups in total. The van der Waals surface area contributed by atoms with E-state index in [-0.39, 0.29) is 23.7 Å². The van der Waals surface area contributed by atoms with Crippen LogP contribution in [0.1, 0.15) is 6.42 Å². The molecule has 0 radical (unpaired) electrons. The third-order valence-electron chi connectivity index (χ3n) is 2.33. The Hall–Kier alpha value is -1.64. The molecular formula is C11H15F3N2O3S. The summed E-state index contributed by atoms with van der Waals surface area (Å²) in [6.45, 7) is -2.90. The second-order valence-electron chi connectivity index (χ2n) is 4.16. The maximum atomic E-state index is 13.3. The Morgan fingerprint density at radius 2 is 2.05 bits per heavy atom. The summed E-state index contributed by atoms with van der Waals surface area (Å²) in [6, 6.07) is 1.87. The van der Waals surface area contributed by atoms with Gasteiger partial charge in [-0.1, -0.05) is 0 Å². The van der Waals surface area contributed by atoms with Gasteiger partial charge in [-0.2, -0.15) is 8.78 Å². The molecular weight excluding hydrogens is 297 g/mol. The number of rotatable bonds is 7. The summed E-state index contributed by atoms with van der Waals surface area (Å²) in [6.07, 6.45) is 1.41. The van der Waals surface area contributed by atoms with Crippen molar-refractivity contribution in [2.24, 2.45) is 0 Å². The van der Waals surface area contributed by atoms with Crippen molar-refractivity contribution in [2.75, 3.05) is 29.6 Å². The molecule has 0 bridgehead atoms. The van der Waals surface area contributed by atoms with Gasteiger partial charge in [0.1, 0.15) is 9.84 Å². The lowest BCUT2D eigenvalue weighted by atomic mass is 10.2. The van der Waals surface area contributed by atoms with Crippen LogP contribution in [-0.4, -0.2) is 33.6 Å². The zero-order valence-corrected chi connectivity index (χ0v) is 11.5. The zero-order chi connectivity index (χ0) is 15.3. The Morgan fingerprint density at radius 3 is 2.60 bits per heavy atom. The van der Waals surface area contributed by atoms with Crippen molar-refractivity contribution in [3.8, 4) is 5.75 Å². The lowest BCUT2D eigenvalue weighted by Gasteiger charge is -2.12. The molecule has 0 fully saturated rings. The molecule has 0 aliphatic heterocycles. The van der Waals surface area contributed by atoms with Crippen molar-refractivity contribution < 1.29 is 26.3 Å². The smallest absolute Gasteiger partial charge is 0.387 e. The first-order valence-electron chi connectivity index (χ1n) is 5.64. The first kappa shape index (κ1) is 16.4. The van der Waals surface area contributed by atoms with Gasteiger partial charge in [-0.05, 0) is 6.42 Å². The number of anilines is 2. The van der Waals surface area contributed by atoms with Gasteiger partial charge >= 0.3 is 6.61 Å². The van der Waals surface area contributed by atoms with Gasteiger partial charge in [0.25, 0.3) is 0 Å². The van der Waals surface area contributed by atoms with Crippen LogP contribution < -0.4 is 15.8 Å². The molecule has 1 aromatic carbocycles. The lowest BCUT2D eigenvalue weighted by Crippen LogP contribution is -2.11. The maximum absolute atomic E-state index is 13.3. The molecule has 0 aliphatic carbocycles. The molecule has 0 heterocycles. The second kappa shape index (κ2) is 6.69. The quantitative estimate of drug-likeness (QED) is 0.593. The van der Waals surface area contributed by atoms with E-state index in [1.165, 1.54) is 0 Å². The van der Waals surface area contributed by atoms with Crippen LogP contribution in [0.2, 0.25) is 0 Å². The van der Waals surface area contributed by atoms with Crippen LogP contribution in [0.4, 0.5) is 24.5 Å². The fourth-order valence-electron chi connectivity index (χ4n) is 1.47. The standard InChI is InChI=1S/C11H15F3N2O3S/c1-20(17,18)4-2-3-16-9-6-10(19-11(13)14)7(12)5-8(9)15/h5-6,11,16H,2-4,15H2,1H3. The number of hydrogen-bond acceptors (Lipinski definition) is 5. The predicted molar refractivity (Wildman–Crippen MR) is 70.3 cm³/mol. The molecule has 9 heteroatoms. The number of ether oxygens (including phenoxy) is 1. The Morgan fingerprint density at radius 1 is 1.40 bits per heavy atom. The highest BCUT2D eigenvalue weighted by atomic mass is 32.2. The number of nitrogens with two attached hydrogens (primary N) is 1. The normalized spacial score (nSPS) is 11.7. The molecule has 5 nitrogen and oxygen atoms in total. The Balaban J connectivity index is 2.69. The minimum atomic E-state index is -3.15. The van der Waals surface area contributed by atoms with Gasteiger partial charge in [-0.15, -0.1) is 0 Å². The van der Waals surface area contributed by atoms with Gasteiger partial charge in [0.15, 0.2) is 11.6 Å². The average Bonchev–Trinajstić information content (AvgIpc) is 2.28. The van der Waals surface area contributed by atoms with E-state index in [1.807, 2.05) is 0 Å². The summed E-state index contributed by atoms with van der Waals surface area (Å²) in [7, 11) is -3.07. The van der Waals surface area contributed by atoms with Crippen molar-refractivity contribution in [3.05, 3.63) is 17.9 Å². The fourth-order valence-corrected chi connectivity index (χ4v) is 2.13. The van der Waals surface area contributed by atoms with E-state index < -0.39 is 28.0 Å². The van der Waals surface area contributed by atoms with Gasteiger partial charge in [-0.3, -0.25) is 0 Å². The second-order valence-corrected chi connectivity index (χ2v) is 6.42. The number of sulfone groups is 1. The van der Waals surface area contributed by atoms with Crippen LogP contribution in [0.15, 0.2) is 12.1 Å². The summed E-state index contributed by atoms with van der Waals surface area (Å²) in [5.74, 6) is -1.65. The molecule has 0 saturated carbocycles. The minimum absolute atomic E-state index is 0.0171. The predicted octanol–water partition coefficient (Wildman–Crippen LogP) is 1.86. The molecule has 0 saturated heterocycles. The molecule has 0 aromatic heterocycles. The Kier molecular flexibility index (Phi) is 5.49. The van der Waals surface area contributed by atoms with E-state index in [1.54, 1.807) is 0 Å². The van der Waals surface area contributed by atoms with E-state index in [0.717, 1.165) is 18.4 Å². The van der Waals surface area contributed by atoms with Crippen molar-refractivity contribution in [1.82, 2.24) is 0 Å². The summed E-state index contributed by atoms with van der Waals surface area (Å²) in [4.78, 5) is 0. The molecule has 1 rings (SSSR count). The average molecular weight is 312 g/mol. The van der Waals surface area contributed by atoms with Crippen molar-refractivity contribution in [2.45, 2.75) is 13.0 Å². The lowest BCUT2D eigenvalue weighted by molar-refractivity contribution is -0.0521. The highest BCUT2D eigenvalue weighted by Gasteiger charge is 2.13. The van der Waals surface area contributed by atoms with Gasteiger partial charge in [0.2, 0.25) is 0 Å². The summed E-state index contributed by atoms with van der Waals surface area (Å²) in [5, 5.41) is 2.75. The molecule has 0 spiro atoms. The molecule has 1 aromatic rings. The summed E-state index contributed by atoms with van der Waals surface area (Å²) >= 11 is 0. The van der Waals surface area contributed by atoms with E-state index in [2.05, 4.69) is 10.1 Å². The Bertz CT molecular complexity index is 564. The maximum Gasteiger partial charge on any atom is 0.387 e. The van der Waals surface area contributed by atoms with E-state index in [0.29, 0.717) is 6.42 Å². The van der Waals surface area contributed by atoms with Crippen LogP contribution in [0, 0.1) is 5.82 Å². The number of nitrogens with one attached hydrogen (secondary N) is 1. The molecule has 0 aliphatic rings. The van der Waals surface area contributed by atoms with Crippen molar-refractivity contribution >= 4 is 21.2 Å². The summed E-state index contributed by atoms with van der Waals surface area (Å²) < 4.78 is 63.3. The molecule has 20 heavy (non-hydrogen) atoms. The first-order valence-corrected chi connectivity index (χ1v) is 7.70. The largest absolute Gasteiger partial charge is 0.432 e. The topological polar surface area (TPSA) is 81.4 Å². The molecule has 0 atom stereocenters. The van der Waals surface area contributed by atoms with Crippen LogP contribution in [-0.2, 0) is 9.84 Å². The van der Waals surface area contributed by atoms with Crippen LogP contribution >= 0.6 is 0 Å². The van der Waals surface area contributed by atoms with Gasteiger partial charge in [0, 0.05) is 24.9 Å². The Labute approximate surface area is 114 Å². The third-order valence-corrected chi connectivity index (χ3v) is 3.36. The minimum Gasteiger partial charge on any atom is -0.432 e. The van der Waals surface area contributed by atoms with E-state index in [9.17, 15) is 21.6 Å². The highest BCUT2D eigenvalue weighted by molar-refractivity contribution is 7.90. The number of nitrogen functional groups attached to an aromatic ring is 1. The monoisotopic (exact) mass is 312 g/mol. The molecule has 0 unspecified atom stereocenters. The van der Waals surface area contributed by atoms with Crippen molar-refractivity contribution in [1.29, 1.82) is 0 Å². The van der Waals surface area contributed by atoms with Gasteiger partial charge in [0.05, 0.1) is 17.1 Å². The molecule has 0 amide bonds. The van der Waals surface area contributed by atoms with Gasteiger partial charge in [-0.25, -0.2) is 12.8 Å². The number of benzene rings is 1. The number of alkyl halides is 2. The van der Waals surface area contributed by atoms with Crippen LogP contribution in [0.25, 0.3) is 0 Å². The molecule has 114 valence electrons. The highest BCUT2D eigenvalue weighted by Crippen LogP contribution is 2.29. The van der Waals surface area contributed by atoms with E-state index >= 15 is 0 Å². The van der Waals surface area contributed by atoms with Crippen LogP contribution in [0.3, 0.4) is 0 Å². The SMILES string of the molecule is CS(=O)(=O)CCCNc1cc(OC(F)F)c(F)cc1N. The van der Waals surface area contributed by atoms with Crippen LogP contribution in [0.5, 0.6) is 5.75 Å². The number of halogens is 3. The first-order chi connectivity index (χ1) is 9.19. The van der Waals surface area contributed by atoms with Gasteiger partial charge < -0.3 is 15.8 Å².